The van der Waals surface area contributed by atoms with Gasteiger partial charge in [0.15, 0.2) is 0 Å². The van der Waals surface area contributed by atoms with Gasteiger partial charge in [-0.3, -0.25) is 0 Å². The summed E-state index contributed by atoms with van der Waals surface area (Å²) in [5, 5.41) is 0. The number of nitrogens with two attached hydrogens (primary N) is 1. The Morgan fingerprint density at radius 3 is 2.33 bits per heavy atom. The first-order valence-corrected chi connectivity index (χ1v) is 6.05. The minimum absolute atomic E-state index is 0.811. The van der Waals surface area contributed by atoms with E-state index >= 15 is 0 Å². The summed E-state index contributed by atoms with van der Waals surface area (Å²) in [4.78, 5) is 0. The van der Waals surface area contributed by atoms with Gasteiger partial charge in [0.25, 0.3) is 0 Å². The minimum atomic E-state index is 0.811. The lowest BCUT2D eigenvalue weighted by molar-refractivity contribution is 0.210. The van der Waals surface area contributed by atoms with Gasteiger partial charge in [0.05, 0.1) is 0 Å². The van der Waals surface area contributed by atoms with Gasteiger partial charge in [-0.15, -0.1) is 0 Å². The molecule has 0 aromatic rings. The van der Waals surface area contributed by atoms with Crippen LogP contribution in [-0.4, -0.2) is 29.2 Å². The van der Waals surface area contributed by atoms with Gasteiger partial charge in [-0.25, -0.2) is 4.31 Å². The third kappa shape index (κ3) is 1.38. The first kappa shape index (κ1) is 8.85. The van der Waals surface area contributed by atoms with Gasteiger partial charge in [0.2, 0.25) is 0 Å². The van der Waals surface area contributed by atoms with Crippen molar-refractivity contribution in [2.45, 2.75) is 37.8 Å². The number of hydrogen-bond donors (Lipinski definition) is 1. The van der Waals surface area contributed by atoms with E-state index in [4.69, 9.17) is 5.73 Å². The maximum absolute atomic E-state index is 5.72. The molecule has 1 unspecified atom stereocenters. The lowest BCUT2D eigenvalue weighted by atomic mass is 9.93. The van der Waals surface area contributed by atoms with Crippen LogP contribution in [0.15, 0.2) is 0 Å². The highest BCUT2D eigenvalue weighted by Crippen LogP contribution is 2.41. The molecule has 2 N–H and O–H groups in total. The fraction of sp³-hybridized carbons (Fsp3) is 1.00. The Morgan fingerprint density at radius 1 is 1.33 bits per heavy atom. The van der Waals surface area contributed by atoms with Crippen LogP contribution < -0.4 is 5.73 Å². The van der Waals surface area contributed by atoms with Gasteiger partial charge in [-0.05, 0) is 44.4 Å². The highest BCUT2D eigenvalue weighted by atomic mass is 32.2. The van der Waals surface area contributed by atoms with E-state index in [9.17, 15) is 0 Å². The van der Waals surface area contributed by atoms with Crippen molar-refractivity contribution in [3.63, 3.8) is 0 Å². The SMILES string of the molecule is CSN1[C@@H]2CC[C@H]1CC(CN)C2. The standard InChI is InChI=1S/C9H18N2S/c1-12-11-8-2-3-9(11)5-7(4-8)6-10/h7-9H,2-6,10H2,1H3/t7?,8-,9+. The number of rotatable bonds is 2. The van der Waals surface area contributed by atoms with E-state index in [0.717, 1.165) is 24.5 Å². The van der Waals surface area contributed by atoms with Crippen LogP contribution in [0.3, 0.4) is 0 Å². The van der Waals surface area contributed by atoms with Crippen molar-refractivity contribution in [3.8, 4) is 0 Å². The van der Waals surface area contributed by atoms with Crippen molar-refractivity contribution in [2.75, 3.05) is 12.8 Å². The topological polar surface area (TPSA) is 29.3 Å². The van der Waals surface area contributed by atoms with E-state index in [1.165, 1.54) is 25.7 Å². The van der Waals surface area contributed by atoms with Crippen molar-refractivity contribution < 1.29 is 0 Å². The molecule has 2 bridgehead atoms. The Bertz CT molecular complexity index is 149. The van der Waals surface area contributed by atoms with E-state index in [0.29, 0.717) is 0 Å². The molecule has 0 aliphatic carbocycles. The van der Waals surface area contributed by atoms with Crippen LogP contribution in [0.1, 0.15) is 25.7 Å². The summed E-state index contributed by atoms with van der Waals surface area (Å²) in [7, 11) is 0. The molecule has 0 aromatic heterocycles. The largest absolute Gasteiger partial charge is 0.330 e. The average Bonchev–Trinajstić information content (AvgIpc) is 2.35. The van der Waals surface area contributed by atoms with Crippen LogP contribution in [0.5, 0.6) is 0 Å². The monoisotopic (exact) mass is 186 g/mol. The quantitative estimate of drug-likeness (QED) is 0.662. The summed E-state index contributed by atoms with van der Waals surface area (Å²) >= 11 is 1.93. The van der Waals surface area contributed by atoms with Gasteiger partial charge >= 0.3 is 0 Å². The zero-order valence-corrected chi connectivity index (χ0v) is 8.52. The summed E-state index contributed by atoms with van der Waals surface area (Å²) < 4.78 is 2.60. The molecule has 12 heavy (non-hydrogen) atoms. The molecular weight excluding hydrogens is 168 g/mol. The van der Waals surface area contributed by atoms with Crippen LogP contribution in [0.2, 0.25) is 0 Å². The zero-order chi connectivity index (χ0) is 8.55. The lowest BCUT2D eigenvalue weighted by Gasteiger charge is -2.36. The fourth-order valence-electron chi connectivity index (χ4n) is 2.74. The summed E-state index contributed by atoms with van der Waals surface area (Å²) in [6.45, 7) is 0.898. The average molecular weight is 186 g/mol. The first-order valence-electron chi connectivity index (χ1n) is 4.87. The zero-order valence-electron chi connectivity index (χ0n) is 7.70. The third-order valence-electron chi connectivity index (χ3n) is 3.31. The van der Waals surface area contributed by atoms with Gasteiger partial charge in [0.1, 0.15) is 0 Å². The van der Waals surface area contributed by atoms with Crippen LogP contribution in [-0.2, 0) is 0 Å². The van der Waals surface area contributed by atoms with Crippen LogP contribution in [0.4, 0.5) is 0 Å². The normalized spacial score (nSPS) is 42.0. The second-order valence-electron chi connectivity index (χ2n) is 4.00. The van der Waals surface area contributed by atoms with Crippen molar-refractivity contribution >= 4 is 11.9 Å². The van der Waals surface area contributed by atoms with Crippen LogP contribution in [0.25, 0.3) is 0 Å². The molecule has 3 heteroatoms. The predicted octanol–water partition coefficient (Wildman–Crippen LogP) is 1.47. The van der Waals surface area contributed by atoms with E-state index in [1.807, 2.05) is 11.9 Å². The summed E-state index contributed by atoms with van der Waals surface area (Å²) in [6, 6.07) is 1.68. The Kier molecular flexibility index (Phi) is 2.63. The second kappa shape index (κ2) is 3.56. The molecule has 3 atom stereocenters. The molecule has 0 radical (unpaired) electrons. The summed E-state index contributed by atoms with van der Waals surface area (Å²) in [5.41, 5.74) is 5.72. The van der Waals surface area contributed by atoms with Gasteiger partial charge < -0.3 is 5.73 Å². The molecule has 0 saturated carbocycles. The Hall–Kier alpha value is 0.270. The molecule has 2 aliphatic rings. The number of nitrogens with zero attached hydrogens (tertiary/aromatic N) is 1. The minimum Gasteiger partial charge on any atom is -0.330 e. The first-order chi connectivity index (χ1) is 5.85. The molecule has 2 nitrogen and oxygen atoms in total. The lowest BCUT2D eigenvalue weighted by Crippen LogP contribution is -2.40. The van der Waals surface area contributed by atoms with Crippen molar-refractivity contribution in [3.05, 3.63) is 0 Å². The summed E-state index contributed by atoms with van der Waals surface area (Å²) in [6.07, 6.45) is 7.69. The van der Waals surface area contributed by atoms with Crippen molar-refractivity contribution in [1.29, 1.82) is 0 Å². The molecule has 70 valence electrons. The third-order valence-corrected chi connectivity index (χ3v) is 4.33. The molecule has 2 heterocycles. The molecule has 2 fully saturated rings. The Labute approximate surface area is 79.0 Å². The molecule has 0 spiro atoms. The summed E-state index contributed by atoms with van der Waals surface area (Å²) in [5.74, 6) is 0.811. The van der Waals surface area contributed by atoms with Crippen molar-refractivity contribution in [2.24, 2.45) is 11.7 Å². The molecule has 2 rings (SSSR count). The van der Waals surface area contributed by atoms with Gasteiger partial charge in [-0.2, -0.15) is 0 Å². The Morgan fingerprint density at radius 2 is 1.92 bits per heavy atom. The van der Waals surface area contributed by atoms with E-state index < -0.39 is 0 Å². The van der Waals surface area contributed by atoms with E-state index in [2.05, 4.69) is 10.6 Å². The van der Waals surface area contributed by atoms with E-state index in [1.54, 1.807) is 0 Å². The maximum atomic E-state index is 5.72. The molecule has 0 amide bonds. The van der Waals surface area contributed by atoms with Gasteiger partial charge in [0, 0.05) is 12.1 Å². The molecule has 2 aliphatic heterocycles. The maximum Gasteiger partial charge on any atom is 0.0209 e. The number of piperidine rings is 1. The fourth-order valence-corrected chi connectivity index (χ4v) is 3.72. The Balaban J connectivity index is 2.01. The predicted molar refractivity (Wildman–Crippen MR) is 53.9 cm³/mol. The molecule has 2 saturated heterocycles. The van der Waals surface area contributed by atoms with Gasteiger partial charge in [-0.1, -0.05) is 11.9 Å². The number of hydrogen-bond acceptors (Lipinski definition) is 3. The van der Waals surface area contributed by atoms with Crippen LogP contribution in [0, 0.1) is 5.92 Å². The molecule has 0 aromatic carbocycles. The smallest absolute Gasteiger partial charge is 0.0209 e. The van der Waals surface area contributed by atoms with E-state index in [-0.39, 0.29) is 0 Å². The van der Waals surface area contributed by atoms with Crippen molar-refractivity contribution in [1.82, 2.24) is 4.31 Å². The highest BCUT2D eigenvalue weighted by molar-refractivity contribution is 7.96. The number of fused-ring (bicyclic) bond motifs is 2. The highest BCUT2D eigenvalue weighted by Gasteiger charge is 2.39. The molecular formula is C9H18N2S. The second-order valence-corrected chi connectivity index (χ2v) is 4.79. The van der Waals surface area contributed by atoms with Crippen LogP contribution >= 0.6 is 11.9 Å².